The first kappa shape index (κ1) is 15.7. The molecule has 0 aliphatic carbocycles. The van der Waals surface area contributed by atoms with E-state index in [9.17, 15) is 4.79 Å². The Balaban J connectivity index is 1.76. The van der Waals surface area contributed by atoms with E-state index in [4.69, 9.17) is 10.5 Å². The zero-order valence-electron chi connectivity index (χ0n) is 12.9. The number of rotatable bonds is 4. The highest BCUT2D eigenvalue weighted by Gasteiger charge is 2.33. The molecular weight excluding hydrogens is 254 g/mol. The summed E-state index contributed by atoms with van der Waals surface area (Å²) in [6.07, 6.45) is 2.23. The third-order valence-corrected chi connectivity index (χ3v) is 4.61. The molecule has 0 atom stereocenters. The highest BCUT2D eigenvalue weighted by molar-refractivity contribution is 5.82. The van der Waals surface area contributed by atoms with Gasteiger partial charge < -0.3 is 15.4 Å². The molecule has 2 aliphatic rings. The van der Waals surface area contributed by atoms with Gasteiger partial charge in [-0.25, -0.2) is 0 Å². The van der Waals surface area contributed by atoms with Crippen LogP contribution in [0.25, 0.3) is 0 Å². The molecule has 0 unspecified atom stereocenters. The molecule has 20 heavy (non-hydrogen) atoms. The van der Waals surface area contributed by atoms with E-state index in [1.807, 2.05) is 18.7 Å². The van der Waals surface area contributed by atoms with Crippen LogP contribution in [0.3, 0.4) is 0 Å². The molecular formula is C15H29N3O2. The Bertz CT molecular complexity index is 319. The summed E-state index contributed by atoms with van der Waals surface area (Å²) in [4.78, 5) is 16.9. The molecule has 0 spiro atoms. The van der Waals surface area contributed by atoms with Gasteiger partial charge in [-0.2, -0.15) is 0 Å². The third-order valence-electron chi connectivity index (χ3n) is 4.61. The lowest BCUT2D eigenvalue weighted by atomic mass is 9.89. The summed E-state index contributed by atoms with van der Waals surface area (Å²) in [5.74, 6) is 0.933. The number of nitrogens with two attached hydrogens (primary N) is 1. The number of piperidine rings is 1. The summed E-state index contributed by atoms with van der Waals surface area (Å²) in [7, 11) is 0. The fourth-order valence-corrected chi connectivity index (χ4v) is 2.98. The number of carbonyl (C=O) groups excluding carboxylic acids is 1. The zero-order chi connectivity index (χ0) is 14.6. The van der Waals surface area contributed by atoms with E-state index in [1.54, 1.807) is 0 Å². The van der Waals surface area contributed by atoms with Crippen LogP contribution in [0, 0.1) is 11.3 Å². The van der Waals surface area contributed by atoms with Crippen molar-refractivity contribution in [3.8, 4) is 0 Å². The minimum atomic E-state index is -0.420. The van der Waals surface area contributed by atoms with Crippen LogP contribution >= 0.6 is 0 Å². The maximum atomic E-state index is 12.4. The van der Waals surface area contributed by atoms with Gasteiger partial charge in [0.25, 0.3) is 0 Å². The van der Waals surface area contributed by atoms with Crippen molar-refractivity contribution in [1.29, 1.82) is 0 Å². The number of morpholine rings is 1. The van der Waals surface area contributed by atoms with Gasteiger partial charge in [0.1, 0.15) is 0 Å². The first-order valence-electron chi connectivity index (χ1n) is 7.82. The Morgan fingerprint density at radius 3 is 2.35 bits per heavy atom. The Morgan fingerprint density at radius 1 is 1.20 bits per heavy atom. The van der Waals surface area contributed by atoms with Crippen LogP contribution in [0.1, 0.15) is 26.7 Å². The van der Waals surface area contributed by atoms with Gasteiger partial charge in [0.2, 0.25) is 5.91 Å². The molecule has 0 aromatic rings. The van der Waals surface area contributed by atoms with Crippen LogP contribution in [0.4, 0.5) is 0 Å². The molecule has 2 N–H and O–H groups in total. The summed E-state index contributed by atoms with van der Waals surface area (Å²) in [6.45, 7) is 11.1. The summed E-state index contributed by atoms with van der Waals surface area (Å²) in [5, 5.41) is 0. The van der Waals surface area contributed by atoms with E-state index in [-0.39, 0.29) is 5.91 Å². The molecule has 0 radical (unpaired) electrons. The average molecular weight is 283 g/mol. The average Bonchev–Trinajstić information content (AvgIpc) is 2.48. The van der Waals surface area contributed by atoms with E-state index < -0.39 is 5.41 Å². The molecule has 0 aromatic heterocycles. The Morgan fingerprint density at radius 2 is 1.80 bits per heavy atom. The predicted octanol–water partition coefficient (Wildman–Crippen LogP) is 0.542. The van der Waals surface area contributed by atoms with Crippen LogP contribution in [0.5, 0.6) is 0 Å². The van der Waals surface area contributed by atoms with Crippen LogP contribution in [0.2, 0.25) is 0 Å². The van der Waals surface area contributed by atoms with Crippen LogP contribution in [-0.2, 0) is 9.53 Å². The van der Waals surface area contributed by atoms with Gasteiger partial charge in [0.05, 0.1) is 18.6 Å². The second-order valence-corrected chi connectivity index (χ2v) is 6.74. The maximum absolute atomic E-state index is 12.4. The van der Waals surface area contributed by atoms with Crippen molar-refractivity contribution in [2.75, 3.05) is 52.5 Å². The van der Waals surface area contributed by atoms with Crippen molar-refractivity contribution in [3.63, 3.8) is 0 Å². The Kier molecular flexibility index (Phi) is 5.41. The first-order chi connectivity index (χ1) is 9.53. The Hall–Kier alpha value is -0.650. The van der Waals surface area contributed by atoms with Crippen molar-refractivity contribution in [1.82, 2.24) is 9.80 Å². The van der Waals surface area contributed by atoms with Gasteiger partial charge >= 0.3 is 0 Å². The van der Waals surface area contributed by atoms with Crippen molar-refractivity contribution in [2.24, 2.45) is 17.1 Å². The summed E-state index contributed by atoms with van der Waals surface area (Å²) in [5.41, 5.74) is 5.28. The van der Waals surface area contributed by atoms with Gasteiger partial charge in [-0.3, -0.25) is 9.69 Å². The molecule has 5 nitrogen and oxygen atoms in total. The smallest absolute Gasteiger partial charge is 0.229 e. The number of nitrogens with zero attached hydrogens (tertiary/aromatic N) is 2. The number of ether oxygens (including phenoxy) is 1. The Labute approximate surface area is 122 Å². The fourth-order valence-electron chi connectivity index (χ4n) is 2.98. The van der Waals surface area contributed by atoms with Gasteiger partial charge in [-0.15, -0.1) is 0 Å². The lowest BCUT2D eigenvalue weighted by molar-refractivity contribution is -0.141. The first-order valence-corrected chi connectivity index (χ1v) is 7.82. The molecule has 5 heteroatoms. The molecule has 2 aliphatic heterocycles. The summed E-state index contributed by atoms with van der Waals surface area (Å²) in [6, 6.07) is 0. The fraction of sp³-hybridized carbons (Fsp3) is 0.933. The van der Waals surface area contributed by atoms with E-state index in [2.05, 4.69) is 4.90 Å². The van der Waals surface area contributed by atoms with Crippen LogP contribution in [0.15, 0.2) is 0 Å². The van der Waals surface area contributed by atoms with Crippen LogP contribution < -0.4 is 5.73 Å². The van der Waals surface area contributed by atoms with E-state index in [0.29, 0.717) is 6.54 Å². The molecule has 2 fully saturated rings. The quantitative estimate of drug-likeness (QED) is 0.818. The molecule has 2 heterocycles. The minimum Gasteiger partial charge on any atom is -0.379 e. The molecule has 2 saturated heterocycles. The molecule has 0 bridgehead atoms. The van der Waals surface area contributed by atoms with E-state index in [0.717, 1.165) is 64.7 Å². The van der Waals surface area contributed by atoms with Crippen molar-refractivity contribution in [3.05, 3.63) is 0 Å². The highest BCUT2D eigenvalue weighted by Crippen LogP contribution is 2.24. The topological polar surface area (TPSA) is 58.8 Å². The van der Waals surface area contributed by atoms with Gasteiger partial charge in [-0.05, 0) is 32.6 Å². The lowest BCUT2D eigenvalue weighted by Gasteiger charge is -2.38. The largest absolute Gasteiger partial charge is 0.379 e. The predicted molar refractivity (Wildman–Crippen MR) is 79.4 cm³/mol. The van der Waals surface area contributed by atoms with Crippen molar-refractivity contribution in [2.45, 2.75) is 26.7 Å². The third kappa shape index (κ3) is 3.93. The number of hydrogen-bond donors (Lipinski definition) is 1. The van der Waals surface area contributed by atoms with Crippen molar-refractivity contribution >= 4 is 5.91 Å². The van der Waals surface area contributed by atoms with Gasteiger partial charge in [-0.1, -0.05) is 0 Å². The maximum Gasteiger partial charge on any atom is 0.229 e. The number of amides is 1. The molecule has 1 amide bonds. The summed E-state index contributed by atoms with van der Waals surface area (Å²) < 4.78 is 5.38. The molecule has 116 valence electrons. The van der Waals surface area contributed by atoms with Crippen molar-refractivity contribution < 1.29 is 9.53 Å². The normalized spacial score (nSPS) is 23.1. The number of likely N-dealkylation sites (tertiary alicyclic amines) is 1. The standard InChI is InChI=1S/C15H29N3O2/c1-15(2,12-16)14(19)18-5-3-13(4-6-18)11-17-7-9-20-10-8-17/h13H,3-12,16H2,1-2H3. The number of carbonyl (C=O) groups is 1. The van der Waals surface area contributed by atoms with Gasteiger partial charge in [0.15, 0.2) is 0 Å². The SMILES string of the molecule is CC(C)(CN)C(=O)N1CCC(CN2CCOCC2)CC1. The van der Waals surface area contributed by atoms with Crippen LogP contribution in [-0.4, -0.2) is 68.2 Å². The summed E-state index contributed by atoms with van der Waals surface area (Å²) >= 11 is 0. The van der Waals surface area contributed by atoms with Gasteiger partial charge in [0, 0.05) is 39.3 Å². The molecule has 0 saturated carbocycles. The lowest BCUT2D eigenvalue weighted by Crippen LogP contribution is -2.49. The second kappa shape index (κ2) is 6.87. The van der Waals surface area contributed by atoms with E-state index >= 15 is 0 Å². The second-order valence-electron chi connectivity index (χ2n) is 6.74. The molecule has 0 aromatic carbocycles. The number of hydrogen-bond acceptors (Lipinski definition) is 4. The molecule has 2 rings (SSSR count). The monoisotopic (exact) mass is 283 g/mol. The van der Waals surface area contributed by atoms with E-state index in [1.165, 1.54) is 0 Å². The highest BCUT2D eigenvalue weighted by atomic mass is 16.5. The minimum absolute atomic E-state index is 0.213. The zero-order valence-corrected chi connectivity index (χ0v) is 12.9.